The van der Waals surface area contributed by atoms with Crippen LogP contribution < -0.4 is 16.6 Å². The van der Waals surface area contributed by atoms with Crippen molar-refractivity contribution in [2.24, 2.45) is 7.05 Å². The molecule has 1 aromatic heterocycles. The molecule has 0 aliphatic carbocycles. The number of carbonyl (C=O) groups is 2. The highest BCUT2D eigenvalue weighted by Gasteiger charge is 2.31. The number of nitrogens with zero attached hydrogens (tertiary/aromatic N) is 5. The molecule has 0 unspecified atom stereocenters. The van der Waals surface area contributed by atoms with Crippen molar-refractivity contribution < 1.29 is 9.59 Å². The number of nitriles is 1. The Morgan fingerprint density at radius 2 is 1.71 bits per heavy atom. The average Bonchev–Trinajstić information content (AvgIpc) is 3.11. The standard InChI is InChI=1S/C28H28N6O4/c1-31-26(36)23(22-8-4-2-7-20(22)16-29)17-33(28(31)38)18-25(35)32-13-11-21(12-14-32)34-15-10-19-6-3-5-9-24(19)30-27(34)37/h2-9,17,21H,10-15,18H2,1H3,(H,30,37). The zero-order chi connectivity index (χ0) is 26.8. The van der Waals surface area contributed by atoms with Gasteiger partial charge in [-0.25, -0.2) is 9.59 Å². The van der Waals surface area contributed by atoms with Gasteiger partial charge in [-0.1, -0.05) is 36.4 Å². The number of piperidine rings is 1. The molecule has 2 aliphatic heterocycles. The van der Waals surface area contributed by atoms with Crippen LogP contribution in [-0.2, 0) is 24.8 Å². The topological polar surface area (TPSA) is 120 Å². The fraction of sp³-hybridized carbons (Fsp3) is 0.321. The van der Waals surface area contributed by atoms with E-state index in [1.54, 1.807) is 29.2 Å². The molecule has 0 spiro atoms. The fourth-order valence-corrected chi connectivity index (χ4v) is 5.25. The molecule has 3 heterocycles. The van der Waals surface area contributed by atoms with Crippen LogP contribution in [0.4, 0.5) is 10.5 Å². The summed E-state index contributed by atoms with van der Waals surface area (Å²) in [4.78, 5) is 55.2. The van der Waals surface area contributed by atoms with Gasteiger partial charge in [0.05, 0.1) is 17.2 Å². The third-order valence-electron chi connectivity index (χ3n) is 7.40. The monoisotopic (exact) mass is 512 g/mol. The van der Waals surface area contributed by atoms with E-state index in [0.29, 0.717) is 43.6 Å². The first-order valence-electron chi connectivity index (χ1n) is 12.6. The molecule has 38 heavy (non-hydrogen) atoms. The molecule has 0 atom stereocenters. The van der Waals surface area contributed by atoms with Crippen molar-refractivity contribution in [1.29, 1.82) is 5.26 Å². The molecule has 10 nitrogen and oxygen atoms in total. The van der Waals surface area contributed by atoms with Gasteiger partial charge in [0.2, 0.25) is 5.91 Å². The molecule has 10 heteroatoms. The predicted octanol–water partition coefficient (Wildman–Crippen LogP) is 2.17. The average molecular weight is 513 g/mol. The number of hydrogen-bond acceptors (Lipinski definition) is 5. The maximum absolute atomic E-state index is 13.2. The van der Waals surface area contributed by atoms with Crippen LogP contribution >= 0.6 is 0 Å². The summed E-state index contributed by atoms with van der Waals surface area (Å²) in [7, 11) is 1.36. The first-order valence-corrected chi connectivity index (χ1v) is 12.6. The summed E-state index contributed by atoms with van der Waals surface area (Å²) in [5.41, 5.74) is 1.73. The van der Waals surface area contributed by atoms with Gasteiger partial charge < -0.3 is 15.1 Å². The Balaban J connectivity index is 1.28. The van der Waals surface area contributed by atoms with E-state index in [4.69, 9.17) is 0 Å². The minimum Gasteiger partial charge on any atom is -0.341 e. The second-order valence-corrected chi connectivity index (χ2v) is 9.62. The van der Waals surface area contributed by atoms with Crippen molar-refractivity contribution in [2.75, 3.05) is 25.0 Å². The van der Waals surface area contributed by atoms with Crippen molar-refractivity contribution >= 4 is 17.6 Å². The lowest BCUT2D eigenvalue weighted by Gasteiger charge is -2.38. The van der Waals surface area contributed by atoms with Gasteiger partial charge in [-0.05, 0) is 37.0 Å². The molecule has 1 N–H and O–H groups in total. The Morgan fingerprint density at radius 1 is 1.00 bits per heavy atom. The van der Waals surface area contributed by atoms with Crippen LogP contribution in [0.15, 0.2) is 64.3 Å². The number of anilines is 1. The summed E-state index contributed by atoms with van der Waals surface area (Å²) in [5.74, 6) is -0.239. The molecule has 2 aromatic carbocycles. The molecule has 0 bridgehead atoms. The molecule has 1 saturated heterocycles. The second-order valence-electron chi connectivity index (χ2n) is 9.62. The predicted molar refractivity (Wildman–Crippen MR) is 142 cm³/mol. The summed E-state index contributed by atoms with van der Waals surface area (Å²) in [6.45, 7) is 1.32. The number of fused-ring (bicyclic) bond motifs is 1. The summed E-state index contributed by atoms with van der Waals surface area (Å²) < 4.78 is 2.18. The second kappa shape index (κ2) is 10.4. The smallest absolute Gasteiger partial charge is 0.331 e. The Hall–Kier alpha value is -4.65. The van der Waals surface area contributed by atoms with Crippen molar-refractivity contribution in [2.45, 2.75) is 31.8 Å². The highest BCUT2D eigenvalue weighted by atomic mass is 16.2. The minimum atomic E-state index is -0.600. The SMILES string of the molecule is Cn1c(=O)c(-c2ccccc2C#N)cn(CC(=O)N2CCC(N3CCc4ccccc4NC3=O)CC2)c1=O. The molecule has 5 rings (SSSR count). The van der Waals surface area contributed by atoms with E-state index in [1.807, 2.05) is 29.2 Å². The lowest BCUT2D eigenvalue weighted by atomic mass is 10.0. The van der Waals surface area contributed by atoms with Crippen molar-refractivity contribution in [1.82, 2.24) is 18.9 Å². The summed E-state index contributed by atoms with van der Waals surface area (Å²) in [6, 6.07) is 16.4. The van der Waals surface area contributed by atoms with Gasteiger partial charge in [-0.15, -0.1) is 0 Å². The number of hydrogen-bond donors (Lipinski definition) is 1. The lowest BCUT2D eigenvalue weighted by Crippen LogP contribution is -2.51. The summed E-state index contributed by atoms with van der Waals surface area (Å²) in [6.07, 6.45) is 3.41. The van der Waals surface area contributed by atoms with Gasteiger partial charge >= 0.3 is 11.7 Å². The van der Waals surface area contributed by atoms with Gasteiger partial charge in [0.1, 0.15) is 6.54 Å². The van der Waals surface area contributed by atoms with Gasteiger partial charge in [0.15, 0.2) is 0 Å². The molecular weight excluding hydrogens is 484 g/mol. The highest BCUT2D eigenvalue weighted by molar-refractivity contribution is 5.91. The maximum atomic E-state index is 13.2. The van der Waals surface area contributed by atoms with E-state index in [0.717, 1.165) is 22.2 Å². The number of urea groups is 1. The number of nitrogens with one attached hydrogen (secondary N) is 1. The van der Waals surface area contributed by atoms with Crippen LogP contribution in [0.2, 0.25) is 0 Å². The van der Waals surface area contributed by atoms with Crippen LogP contribution in [-0.4, -0.2) is 56.5 Å². The Kier molecular flexibility index (Phi) is 6.83. The van der Waals surface area contributed by atoms with Crippen LogP contribution in [0, 0.1) is 11.3 Å². The number of rotatable bonds is 4. The van der Waals surface area contributed by atoms with Crippen molar-refractivity contribution in [3.63, 3.8) is 0 Å². The largest absolute Gasteiger partial charge is 0.341 e. The maximum Gasteiger partial charge on any atom is 0.331 e. The first-order chi connectivity index (χ1) is 18.4. The highest BCUT2D eigenvalue weighted by Crippen LogP contribution is 2.25. The van der Waals surface area contributed by atoms with Gasteiger partial charge in [-0.3, -0.25) is 18.7 Å². The number of amides is 3. The molecule has 2 aliphatic rings. The van der Waals surface area contributed by atoms with E-state index < -0.39 is 11.2 Å². The first kappa shape index (κ1) is 25.0. The van der Waals surface area contributed by atoms with Crippen molar-refractivity contribution in [3.8, 4) is 17.2 Å². The van der Waals surface area contributed by atoms with Crippen molar-refractivity contribution in [3.05, 3.63) is 86.7 Å². The summed E-state index contributed by atoms with van der Waals surface area (Å²) >= 11 is 0. The van der Waals surface area contributed by atoms with E-state index in [9.17, 15) is 24.4 Å². The van der Waals surface area contributed by atoms with Crippen LogP contribution in [0.3, 0.4) is 0 Å². The van der Waals surface area contributed by atoms with E-state index in [-0.39, 0.29) is 30.1 Å². The normalized spacial score (nSPS) is 15.8. The number of aromatic nitrogens is 2. The molecule has 3 aromatic rings. The Labute approximate surface area is 219 Å². The Morgan fingerprint density at radius 3 is 2.47 bits per heavy atom. The van der Waals surface area contributed by atoms with Crippen LogP contribution in [0.5, 0.6) is 0 Å². The van der Waals surface area contributed by atoms with Crippen LogP contribution in [0.25, 0.3) is 11.1 Å². The number of likely N-dealkylation sites (tertiary alicyclic amines) is 1. The van der Waals surface area contributed by atoms with Crippen LogP contribution in [0.1, 0.15) is 24.0 Å². The van der Waals surface area contributed by atoms with E-state index in [1.165, 1.54) is 17.8 Å². The molecule has 194 valence electrons. The molecule has 1 fully saturated rings. The Bertz CT molecular complexity index is 1560. The minimum absolute atomic E-state index is 0.0164. The van der Waals surface area contributed by atoms with E-state index >= 15 is 0 Å². The quantitative estimate of drug-likeness (QED) is 0.575. The van der Waals surface area contributed by atoms with Gasteiger partial charge in [0, 0.05) is 50.2 Å². The lowest BCUT2D eigenvalue weighted by molar-refractivity contribution is -0.133. The molecule has 0 radical (unpaired) electrons. The summed E-state index contributed by atoms with van der Waals surface area (Å²) in [5, 5.41) is 12.5. The number of benzene rings is 2. The zero-order valence-corrected chi connectivity index (χ0v) is 21.1. The van der Waals surface area contributed by atoms with Gasteiger partial charge in [-0.2, -0.15) is 5.26 Å². The number of carbonyl (C=O) groups excluding carboxylic acids is 2. The molecule has 0 saturated carbocycles. The van der Waals surface area contributed by atoms with E-state index in [2.05, 4.69) is 11.4 Å². The van der Waals surface area contributed by atoms with Gasteiger partial charge in [0.25, 0.3) is 5.56 Å². The third kappa shape index (κ3) is 4.70. The third-order valence-corrected chi connectivity index (χ3v) is 7.40. The fourth-order valence-electron chi connectivity index (χ4n) is 5.25. The zero-order valence-electron chi connectivity index (χ0n) is 21.1. The number of para-hydroxylation sites is 1. The molecular formula is C28H28N6O4. The molecule has 3 amide bonds.